The van der Waals surface area contributed by atoms with E-state index < -0.39 is 0 Å². The Hall–Kier alpha value is -5.70. The maximum absolute atomic E-state index is 14.0. The summed E-state index contributed by atoms with van der Waals surface area (Å²) in [7, 11) is 0. The zero-order valence-electron chi connectivity index (χ0n) is 22.5. The van der Waals surface area contributed by atoms with Crippen molar-refractivity contribution in [2.45, 2.75) is 13.3 Å². The number of benzene rings is 3. The van der Waals surface area contributed by atoms with Gasteiger partial charge in [-0.2, -0.15) is 5.10 Å². The van der Waals surface area contributed by atoms with Crippen LogP contribution >= 0.6 is 0 Å². The standard InChI is InChI=1S/C33H24FN7O/c1-2-19-11-22(14-25(12-19)37-33(42)20-7-4-3-5-8-20)23-15-26-30(40-41-31(26)36-16-23)32-38-28-18-35-17-27(29(28)39-32)21-9-6-10-24(34)13-21/h3-18H,2H2,1H3,(H,37,42)(H,38,39)(H,36,40,41). The van der Waals surface area contributed by atoms with Crippen LogP contribution in [0.1, 0.15) is 22.8 Å². The number of pyridine rings is 2. The summed E-state index contributed by atoms with van der Waals surface area (Å²) in [4.78, 5) is 29.9. The number of carbonyl (C=O) groups is 1. The summed E-state index contributed by atoms with van der Waals surface area (Å²) in [6.07, 6.45) is 5.95. The van der Waals surface area contributed by atoms with Crippen molar-refractivity contribution < 1.29 is 9.18 Å². The van der Waals surface area contributed by atoms with Gasteiger partial charge in [0, 0.05) is 34.8 Å². The van der Waals surface area contributed by atoms with Gasteiger partial charge in [0.25, 0.3) is 5.91 Å². The van der Waals surface area contributed by atoms with Gasteiger partial charge in [-0.05, 0) is 65.6 Å². The first-order chi connectivity index (χ1) is 20.6. The first-order valence-electron chi connectivity index (χ1n) is 13.5. The molecule has 0 atom stereocenters. The minimum Gasteiger partial charge on any atom is -0.335 e. The molecule has 8 nitrogen and oxygen atoms in total. The number of aromatic amines is 2. The number of nitrogens with one attached hydrogen (secondary N) is 3. The van der Waals surface area contributed by atoms with Crippen LogP contribution in [0, 0.1) is 5.82 Å². The largest absolute Gasteiger partial charge is 0.335 e. The van der Waals surface area contributed by atoms with Crippen LogP contribution in [0.3, 0.4) is 0 Å². The van der Waals surface area contributed by atoms with E-state index in [1.807, 2.05) is 42.5 Å². The van der Waals surface area contributed by atoms with Crippen LogP contribution in [0.25, 0.3) is 55.8 Å². The molecule has 0 fully saturated rings. The number of amides is 1. The van der Waals surface area contributed by atoms with Crippen molar-refractivity contribution in [3.63, 3.8) is 0 Å². The Morgan fingerprint density at radius 2 is 1.79 bits per heavy atom. The smallest absolute Gasteiger partial charge is 0.255 e. The molecule has 1 amide bonds. The van der Waals surface area contributed by atoms with Gasteiger partial charge < -0.3 is 10.3 Å². The Labute approximate surface area is 239 Å². The van der Waals surface area contributed by atoms with Gasteiger partial charge in [-0.15, -0.1) is 0 Å². The molecule has 0 aliphatic carbocycles. The number of H-pyrrole nitrogens is 2. The molecule has 3 aromatic carbocycles. The first-order valence-corrected chi connectivity index (χ1v) is 13.5. The zero-order valence-corrected chi connectivity index (χ0v) is 22.5. The molecular weight excluding hydrogens is 529 g/mol. The van der Waals surface area contributed by atoms with Crippen molar-refractivity contribution in [3.8, 4) is 33.8 Å². The third-order valence-corrected chi connectivity index (χ3v) is 7.20. The Morgan fingerprint density at radius 3 is 2.62 bits per heavy atom. The lowest BCUT2D eigenvalue weighted by atomic mass is 10.0. The number of aryl methyl sites for hydroxylation is 1. The van der Waals surface area contributed by atoms with Crippen molar-refractivity contribution in [2.75, 3.05) is 5.32 Å². The topological polar surface area (TPSA) is 112 Å². The molecule has 7 aromatic rings. The second-order valence-electron chi connectivity index (χ2n) is 9.97. The van der Waals surface area contributed by atoms with Crippen molar-refractivity contribution in [1.82, 2.24) is 30.1 Å². The molecule has 0 saturated heterocycles. The molecule has 4 aromatic heterocycles. The quantitative estimate of drug-likeness (QED) is 0.202. The second-order valence-corrected chi connectivity index (χ2v) is 9.97. The van der Waals surface area contributed by atoms with Crippen LogP contribution in [0.15, 0.2) is 97.5 Å². The van der Waals surface area contributed by atoms with Crippen LogP contribution in [-0.4, -0.2) is 36.0 Å². The van der Waals surface area contributed by atoms with Gasteiger partial charge in [-0.3, -0.25) is 14.9 Å². The Kier molecular flexibility index (Phi) is 6.24. The summed E-state index contributed by atoms with van der Waals surface area (Å²) in [5.41, 5.74) is 8.18. The fourth-order valence-electron chi connectivity index (χ4n) is 5.08. The highest BCUT2D eigenvalue weighted by Crippen LogP contribution is 2.33. The molecule has 9 heteroatoms. The minimum atomic E-state index is -0.326. The third-order valence-electron chi connectivity index (χ3n) is 7.20. The van der Waals surface area contributed by atoms with Gasteiger partial charge in [0.05, 0.1) is 22.6 Å². The van der Waals surface area contributed by atoms with E-state index in [2.05, 4.69) is 43.5 Å². The lowest BCUT2D eigenvalue weighted by Gasteiger charge is -2.11. The third kappa shape index (κ3) is 4.66. The summed E-state index contributed by atoms with van der Waals surface area (Å²) in [5.74, 6) is 0.0704. The summed E-state index contributed by atoms with van der Waals surface area (Å²) in [5, 5.41) is 11.3. The van der Waals surface area contributed by atoms with E-state index >= 15 is 0 Å². The zero-order chi connectivity index (χ0) is 28.6. The molecule has 0 unspecified atom stereocenters. The van der Waals surface area contributed by atoms with Crippen LogP contribution in [0.5, 0.6) is 0 Å². The number of carbonyl (C=O) groups excluding carboxylic acids is 1. The summed E-state index contributed by atoms with van der Waals surface area (Å²) < 4.78 is 14.0. The fraction of sp³-hybridized carbons (Fsp3) is 0.0606. The van der Waals surface area contributed by atoms with Crippen LogP contribution in [0.2, 0.25) is 0 Å². The molecule has 4 heterocycles. The number of hydrogen-bond donors (Lipinski definition) is 3. The van der Waals surface area contributed by atoms with Crippen LogP contribution in [0.4, 0.5) is 10.1 Å². The van der Waals surface area contributed by atoms with Crippen LogP contribution < -0.4 is 5.32 Å². The van der Waals surface area contributed by atoms with E-state index in [1.54, 1.807) is 36.8 Å². The van der Waals surface area contributed by atoms with Gasteiger partial charge in [-0.25, -0.2) is 14.4 Å². The predicted molar refractivity (Wildman–Crippen MR) is 161 cm³/mol. The van der Waals surface area contributed by atoms with Crippen molar-refractivity contribution >= 4 is 33.7 Å². The van der Waals surface area contributed by atoms with Gasteiger partial charge >= 0.3 is 0 Å². The molecule has 0 spiro atoms. The molecule has 0 aliphatic rings. The van der Waals surface area contributed by atoms with E-state index in [0.717, 1.165) is 34.1 Å². The minimum absolute atomic E-state index is 0.169. The fourth-order valence-corrected chi connectivity index (χ4v) is 5.08. The number of nitrogens with zero attached hydrogens (tertiary/aromatic N) is 4. The van der Waals surface area contributed by atoms with Gasteiger partial charge in [0.1, 0.15) is 11.5 Å². The average Bonchev–Trinajstić information content (AvgIpc) is 3.65. The normalized spacial score (nSPS) is 11.3. The molecule has 0 bridgehead atoms. The second kappa shape index (κ2) is 10.4. The van der Waals surface area contributed by atoms with Gasteiger partial charge in [0.15, 0.2) is 11.5 Å². The highest BCUT2D eigenvalue weighted by Gasteiger charge is 2.17. The maximum Gasteiger partial charge on any atom is 0.255 e. The molecule has 0 radical (unpaired) electrons. The van der Waals surface area contributed by atoms with E-state index in [1.165, 1.54) is 12.1 Å². The van der Waals surface area contributed by atoms with Crippen molar-refractivity contribution in [3.05, 3.63) is 114 Å². The van der Waals surface area contributed by atoms with Gasteiger partial charge in [-0.1, -0.05) is 43.3 Å². The number of imidazole rings is 1. The molecule has 204 valence electrons. The molecule has 0 aliphatic heterocycles. The molecule has 0 saturated carbocycles. The van der Waals surface area contributed by atoms with Crippen molar-refractivity contribution in [1.29, 1.82) is 0 Å². The molecule has 7 rings (SSSR count). The monoisotopic (exact) mass is 553 g/mol. The van der Waals surface area contributed by atoms with Crippen molar-refractivity contribution in [2.24, 2.45) is 0 Å². The maximum atomic E-state index is 14.0. The molecule has 3 N–H and O–H groups in total. The first kappa shape index (κ1) is 25.3. The Bertz CT molecular complexity index is 2100. The SMILES string of the molecule is CCc1cc(NC(=O)c2ccccc2)cc(-c2cnc3n[nH]c(-c4nc5c(-c6cccc(F)c6)cncc5[nH]4)c3c2)c1. The number of halogens is 1. The molecule has 42 heavy (non-hydrogen) atoms. The Balaban J connectivity index is 1.28. The lowest BCUT2D eigenvalue weighted by Crippen LogP contribution is -2.11. The number of rotatable bonds is 6. The summed E-state index contributed by atoms with van der Waals surface area (Å²) in [6.45, 7) is 2.08. The highest BCUT2D eigenvalue weighted by molar-refractivity contribution is 6.04. The Morgan fingerprint density at radius 1 is 0.905 bits per heavy atom. The number of aromatic nitrogens is 6. The number of anilines is 1. The summed E-state index contributed by atoms with van der Waals surface area (Å²) in [6, 6.07) is 23.5. The number of hydrogen-bond acceptors (Lipinski definition) is 5. The lowest BCUT2D eigenvalue weighted by molar-refractivity contribution is 0.102. The van der Waals surface area contributed by atoms with E-state index in [-0.39, 0.29) is 11.7 Å². The highest BCUT2D eigenvalue weighted by atomic mass is 19.1. The van der Waals surface area contributed by atoms with Gasteiger partial charge in [0.2, 0.25) is 0 Å². The molecular formula is C33H24FN7O. The van der Waals surface area contributed by atoms with E-state index in [9.17, 15) is 9.18 Å². The summed E-state index contributed by atoms with van der Waals surface area (Å²) >= 11 is 0. The van der Waals surface area contributed by atoms with Crippen LogP contribution in [-0.2, 0) is 6.42 Å². The predicted octanol–water partition coefficient (Wildman–Crippen LogP) is 7.18. The van der Waals surface area contributed by atoms with E-state index in [4.69, 9.17) is 4.98 Å². The van der Waals surface area contributed by atoms with E-state index in [0.29, 0.717) is 45.0 Å². The average molecular weight is 554 g/mol. The number of fused-ring (bicyclic) bond motifs is 2.